The monoisotopic (exact) mass is 208 g/mol. The number of halogens is 3. The molecule has 0 fully saturated rings. The summed E-state index contributed by atoms with van der Waals surface area (Å²) in [6, 6.07) is 0. The molecule has 0 spiro atoms. The van der Waals surface area contributed by atoms with Crippen LogP contribution in [-0.2, 0) is 4.43 Å². The Balaban J connectivity index is 4.36. The van der Waals surface area contributed by atoms with Gasteiger partial charge in [0.15, 0.2) is 0 Å². The molecule has 5 heteroatoms. The maximum Gasteiger partial charge on any atom is 0.410 e. The van der Waals surface area contributed by atoms with Crippen molar-refractivity contribution in [2.45, 2.75) is 6.18 Å². The largest absolute Gasteiger partial charge is 0.410 e. The van der Waals surface area contributed by atoms with Gasteiger partial charge in [-0.05, 0) is 0 Å². The Morgan fingerprint density at radius 1 is 1.08 bits per heavy atom. The van der Waals surface area contributed by atoms with E-state index >= 15 is 0 Å². The summed E-state index contributed by atoms with van der Waals surface area (Å²) in [5.41, 5.74) is 4.04. The summed E-state index contributed by atoms with van der Waals surface area (Å²) in [6.07, 6.45) is -4.33. The lowest BCUT2D eigenvalue weighted by molar-refractivity contribution is -0.154. The zero-order valence-corrected chi connectivity index (χ0v) is 8.10. The smallest absolute Gasteiger partial charge is 0.396 e. The molecule has 0 aromatic rings. The van der Waals surface area contributed by atoms with Gasteiger partial charge in [0.25, 0.3) is 8.32 Å². The lowest BCUT2D eigenvalue weighted by Gasteiger charge is -2.20. The Bertz CT molecular complexity index is 188. The minimum Gasteiger partial charge on any atom is -0.396 e. The van der Waals surface area contributed by atoms with E-state index in [-0.39, 0.29) is 0 Å². The van der Waals surface area contributed by atoms with Gasteiger partial charge in [-0.3, -0.25) is 0 Å². The fourth-order valence-electron chi connectivity index (χ4n) is 0.634. The number of hydrogen-bond acceptors (Lipinski definition) is 1. The molecule has 0 aliphatic carbocycles. The molecule has 13 heavy (non-hydrogen) atoms. The first-order valence-corrected chi connectivity index (χ1v) is 5.64. The Labute approximate surface area is 76.3 Å². The molecule has 0 N–H and O–H groups in total. The van der Waals surface area contributed by atoms with E-state index in [9.17, 15) is 13.2 Å². The molecule has 0 unspecified atom stereocenters. The van der Waals surface area contributed by atoms with Gasteiger partial charge in [0, 0.05) is 0 Å². The summed E-state index contributed by atoms with van der Waals surface area (Å²) in [7, 11) is -2.76. The molecule has 74 valence electrons. The molecule has 1 nitrogen and oxygen atoms in total. The Morgan fingerprint density at radius 3 is 1.69 bits per heavy atom. The summed E-state index contributed by atoms with van der Waals surface area (Å²) in [4.78, 5) is 0. The molecule has 0 rings (SSSR count). The molecule has 0 saturated carbocycles. The van der Waals surface area contributed by atoms with Gasteiger partial charge in [-0.1, -0.05) is 17.1 Å². The predicted molar refractivity (Wildman–Crippen MR) is 48.4 cm³/mol. The van der Waals surface area contributed by atoms with Crippen molar-refractivity contribution >= 4 is 8.32 Å². The van der Waals surface area contributed by atoms with Crippen LogP contribution in [0.2, 0.25) is 0 Å². The van der Waals surface area contributed by atoms with E-state index in [0.717, 1.165) is 0 Å². The van der Waals surface area contributed by atoms with Crippen molar-refractivity contribution in [2.75, 3.05) is 6.61 Å². The van der Waals surface area contributed by atoms with Gasteiger partial charge >= 0.3 is 6.18 Å². The Morgan fingerprint density at radius 2 is 1.46 bits per heavy atom. The molecule has 0 aliphatic rings. The van der Waals surface area contributed by atoms with Crippen LogP contribution in [0.25, 0.3) is 0 Å². The summed E-state index contributed by atoms with van der Waals surface area (Å²) in [6.45, 7) is 8.92. The lowest BCUT2D eigenvalue weighted by Crippen LogP contribution is -2.36. The summed E-state index contributed by atoms with van der Waals surface area (Å²) < 4.78 is 40.1. The Kier molecular flexibility index (Phi) is 4.15. The van der Waals surface area contributed by atoms with Crippen LogP contribution in [0.1, 0.15) is 0 Å². The maximum absolute atomic E-state index is 11.8. The van der Waals surface area contributed by atoms with Crippen LogP contribution in [-0.4, -0.2) is 21.1 Å². The van der Waals surface area contributed by atoms with Crippen molar-refractivity contribution in [3.63, 3.8) is 0 Å². The van der Waals surface area contributed by atoms with E-state index in [1.807, 2.05) is 0 Å². The van der Waals surface area contributed by atoms with E-state index in [4.69, 9.17) is 4.43 Å². The highest BCUT2D eigenvalue weighted by atomic mass is 28.4. The molecule has 0 aromatic carbocycles. The van der Waals surface area contributed by atoms with Crippen LogP contribution < -0.4 is 0 Å². The van der Waals surface area contributed by atoms with Crippen LogP contribution in [0.4, 0.5) is 13.2 Å². The number of hydrogen-bond donors (Lipinski definition) is 0. The van der Waals surface area contributed by atoms with Crippen molar-refractivity contribution in [3.05, 3.63) is 36.8 Å². The SMILES string of the molecule is C=C[Si](C=C)(C=C)OCC(F)(F)F. The Hall–Kier alpha value is -0.813. The average molecular weight is 208 g/mol. The second kappa shape index (κ2) is 4.43. The van der Waals surface area contributed by atoms with Gasteiger partial charge in [0.05, 0.1) is 0 Å². The fraction of sp³-hybridized carbons (Fsp3) is 0.250. The predicted octanol–water partition coefficient (Wildman–Crippen LogP) is 2.69. The highest BCUT2D eigenvalue weighted by molar-refractivity contribution is 6.87. The van der Waals surface area contributed by atoms with E-state index in [1.54, 1.807) is 0 Å². The van der Waals surface area contributed by atoms with Gasteiger partial charge in [-0.25, -0.2) is 0 Å². The molecule has 0 heterocycles. The van der Waals surface area contributed by atoms with Gasteiger partial charge in [0.1, 0.15) is 6.61 Å². The molecular weight excluding hydrogens is 197 g/mol. The zero-order chi connectivity index (χ0) is 10.5. The molecule has 0 radical (unpaired) electrons. The molecule has 0 saturated heterocycles. The van der Waals surface area contributed by atoms with Gasteiger partial charge in [0.2, 0.25) is 0 Å². The van der Waals surface area contributed by atoms with E-state index < -0.39 is 21.1 Å². The van der Waals surface area contributed by atoms with Crippen molar-refractivity contribution in [1.29, 1.82) is 0 Å². The van der Waals surface area contributed by atoms with Gasteiger partial charge in [-0.15, -0.1) is 19.7 Å². The maximum atomic E-state index is 11.8. The number of rotatable bonds is 5. The van der Waals surface area contributed by atoms with Crippen LogP contribution in [0.5, 0.6) is 0 Å². The quantitative estimate of drug-likeness (QED) is 0.631. The second-order valence-corrected chi connectivity index (χ2v) is 5.59. The first kappa shape index (κ1) is 12.2. The lowest BCUT2D eigenvalue weighted by atomic mass is 10.7. The third kappa shape index (κ3) is 4.09. The summed E-state index contributed by atoms with van der Waals surface area (Å²) >= 11 is 0. The average Bonchev–Trinajstić information content (AvgIpc) is 2.06. The fourth-order valence-corrected chi connectivity index (χ4v) is 1.90. The molecule has 0 aliphatic heterocycles. The van der Waals surface area contributed by atoms with Crippen molar-refractivity contribution in [2.24, 2.45) is 0 Å². The molecule has 0 aromatic heterocycles. The van der Waals surface area contributed by atoms with E-state index in [2.05, 4.69) is 19.7 Å². The minimum atomic E-state index is -4.33. The van der Waals surface area contributed by atoms with E-state index in [1.165, 1.54) is 17.1 Å². The van der Waals surface area contributed by atoms with Crippen LogP contribution in [0, 0.1) is 0 Å². The highest BCUT2D eigenvalue weighted by Gasteiger charge is 2.33. The van der Waals surface area contributed by atoms with Crippen molar-refractivity contribution in [1.82, 2.24) is 0 Å². The summed E-state index contributed by atoms with van der Waals surface area (Å²) in [5.74, 6) is 0. The second-order valence-electron chi connectivity index (χ2n) is 2.37. The highest BCUT2D eigenvalue weighted by Crippen LogP contribution is 2.19. The third-order valence-electron chi connectivity index (χ3n) is 1.44. The first-order chi connectivity index (χ1) is 5.89. The van der Waals surface area contributed by atoms with Crippen LogP contribution in [0.15, 0.2) is 36.8 Å². The molecule has 0 atom stereocenters. The first-order valence-electron chi connectivity index (χ1n) is 3.50. The van der Waals surface area contributed by atoms with Crippen LogP contribution in [0.3, 0.4) is 0 Å². The zero-order valence-electron chi connectivity index (χ0n) is 7.10. The molecular formula is C8H11F3OSi. The van der Waals surface area contributed by atoms with Gasteiger partial charge in [-0.2, -0.15) is 13.2 Å². The number of alkyl halides is 3. The standard InChI is InChI=1S/C8H11F3OSi/c1-4-13(5-2,6-3)12-7-8(9,10)11/h4-6H,1-3,7H2. The molecule has 0 amide bonds. The van der Waals surface area contributed by atoms with Crippen molar-refractivity contribution in [3.8, 4) is 0 Å². The normalized spacial score (nSPS) is 12.2. The van der Waals surface area contributed by atoms with Crippen LogP contribution >= 0.6 is 0 Å². The molecule has 0 bridgehead atoms. The topological polar surface area (TPSA) is 9.23 Å². The minimum absolute atomic E-state index is 1.29. The van der Waals surface area contributed by atoms with E-state index in [0.29, 0.717) is 0 Å². The summed E-state index contributed by atoms with van der Waals surface area (Å²) in [5, 5.41) is 0. The van der Waals surface area contributed by atoms with Crippen molar-refractivity contribution < 1.29 is 17.6 Å². The third-order valence-corrected chi connectivity index (χ3v) is 4.00. The van der Waals surface area contributed by atoms with Gasteiger partial charge < -0.3 is 4.43 Å².